The SMILES string of the molecule is Cc1cc(C(=O)O)c(C)n1C1CCC(C)CC1. The number of carboxylic acids is 1. The Kier molecular flexibility index (Phi) is 3.27. The van der Waals surface area contributed by atoms with Gasteiger partial charge in [0.25, 0.3) is 0 Å². The first kappa shape index (κ1) is 12.2. The summed E-state index contributed by atoms with van der Waals surface area (Å²) in [6, 6.07) is 2.30. The molecule has 0 spiro atoms. The summed E-state index contributed by atoms with van der Waals surface area (Å²) in [5.74, 6) is 0.00916. The van der Waals surface area contributed by atoms with Gasteiger partial charge < -0.3 is 9.67 Å². The number of hydrogen-bond donors (Lipinski definition) is 1. The molecule has 17 heavy (non-hydrogen) atoms. The Morgan fingerprint density at radius 1 is 1.29 bits per heavy atom. The molecule has 3 heteroatoms. The molecule has 2 rings (SSSR count). The molecule has 0 aromatic carbocycles. The number of rotatable bonds is 2. The molecule has 0 bridgehead atoms. The highest BCUT2D eigenvalue weighted by Gasteiger charge is 2.24. The van der Waals surface area contributed by atoms with E-state index in [1.807, 2.05) is 13.8 Å². The number of aromatic carboxylic acids is 1. The van der Waals surface area contributed by atoms with Crippen LogP contribution in [0.1, 0.15) is 60.4 Å². The monoisotopic (exact) mass is 235 g/mol. The topological polar surface area (TPSA) is 42.2 Å². The molecule has 1 N–H and O–H groups in total. The lowest BCUT2D eigenvalue weighted by Gasteiger charge is -2.29. The number of nitrogens with zero attached hydrogens (tertiary/aromatic N) is 1. The van der Waals surface area contributed by atoms with Gasteiger partial charge in [-0.2, -0.15) is 0 Å². The zero-order chi connectivity index (χ0) is 12.6. The quantitative estimate of drug-likeness (QED) is 0.851. The van der Waals surface area contributed by atoms with E-state index < -0.39 is 5.97 Å². The zero-order valence-corrected chi connectivity index (χ0v) is 10.9. The highest BCUT2D eigenvalue weighted by atomic mass is 16.4. The van der Waals surface area contributed by atoms with Gasteiger partial charge in [0.2, 0.25) is 0 Å². The second-order valence-electron chi connectivity index (χ2n) is 5.37. The molecular weight excluding hydrogens is 214 g/mol. The van der Waals surface area contributed by atoms with Crippen molar-refractivity contribution in [2.75, 3.05) is 0 Å². The maximum absolute atomic E-state index is 11.1. The van der Waals surface area contributed by atoms with Crippen molar-refractivity contribution < 1.29 is 9.90 Å². The van der Waals surface area contributed by atoms with Crippen molar-refractivity contribution >= 4 is 5.97 Å². The molecule has 1 fully saturated rings. The summed E-state index contributed by atoms with van der Waals surface area (Å²) in [5, 5.41) is 9.13. The van der Waals surface area contributed by atoms with E-state index in [2.05, 4.69) is 11.5 Å². The van der Waals surface area contributed by atoms with Gasteiger partial charge in [-0.05, 0) is 51.5 Å². The molecule has 1 heterocycles. The summed E-state index contributed by atoms with van der Waals surface area (Å²) in [6.45, 7) is 6.24. The minimum Gasteiger partial charge on any atom is -0.478 e. The summed E-state index contributed by atoms with van der Waals surface area (Å²) in [6.07, 6.45) is 4.86. The first-order chi connectivity index (χ1) is 8.00. The third-order valence-electron chi connectivity index (χ3n) is 4.07. The van der Waals surface area contributed by atoms with E-state index in [0.29, 0.717) is 11.6 Å². The predicted octanol–water partition coefficient (Wildman–Crippen LogP) is 3.55. The van der Waals surface area contributed by atoms with E-state index in [9.17, 15) is 4.79 Å². The van der Waals surface area contributed by atoms with Crippen LogP contribution < -0.4 is 0 Å². The summed E-state index contributed by atoms with van der Waals surface area (Å²) in [7, 11) is 0. The Bertz CT molecular complexity index is 426. The lowest BCUT2D eigenvalue weighted by Crippen LogP contribution is -2.19. The van der Waals surface area contributed by atoms with Gasteiger partial charge in [-0.25, -0.2) is 4.79 Å². The number of aryl methyl sites for hydroxylation is 1. The van der Waals surface area contributed by atoms with Crippen molar-refractivity contribution in [3.63, 3.8) is 0 Å². The van der Waals surface area contributed by atoms with E-state index >= 15 is 0 Å². The standard InChI is InChI=1S/C14H21NO2/c1-9-4-6-12(7-5-9)15-10(2)8-13(11(15)3)14(16)17/h8-9,12H,4-7H2,1-3H3,(H,16,17). The Balaban J connectivity index is 2.29. The average molecular weight is 235 g/mol. The van der Waals surface area contributed by atoms with Gasteiger partial charge in [0.1, 0.15) is 0 Å². The third-order valence-corrected chi connectivity index (χ3v) is 4.07. The Morgan fingerprint density at radius 2 is 1.88 bits per heavy atom. The lowest BCUT2D eigenvalue weighted by molar-refractivity contribution is 0.0695. The van der Waals surface area contributed by atoms with E-state index in [1.54, 1.807) is 6.07 Å². The van der Waals surface area contributed by atoms with Crippen LogP contribution in [-0.4, -0.2) is 15.6 Å². The molecule has 3 nitrogen and oxygen atoms in total. The van der Waals surface area contributed by atoms with Crippen molar-refractivity contribution in [2.45, 2.75) is 52.5 Å². The smallest absolute Gasteiger partial charge is 0.337 e. The summed E-state index contributed by atoms with van der Waals surface area (Å²) in [5.41, 5.74) is 2.45. The highest BCUT2D eigenvalue weighted by Crippen LogP contribution is 2.34. The van der Waals surface area contributed by atoms with Crippen molar-refractivity contribution in [1.29, 1.82) is 0 Å². The van der Waals surface area contributed by atoms with Crippen molar-refractivity contribution in [3.05, 3.63) is 23.0 Å². The lowest BCUT2D eigenvalue weighted by atomic mass is 9.87. The molecular formula is C14H21NO2. The summed E-state index contributed by atoms with van der Waals surface area (Å²) in [4.78, 5) is 11.1. The average Bonchev–Trinajstić information content (AvgIpc) is 2.56. The number of carboxylic acid groups (broad SMARTS) is 1. The number of aromatic nitrogens is 1. The van der Waals surface area contributed by atoms with Crippen LogP contribution in [0, 0.1) is 19.8 Å². The molecule has 0 amide bonds. The van der Waals surface area contributed by atoms with Crippen molar-refractivity contribution in [3.8, 4) is 0 Å². The van der Waals surface area contributed by atoms with Crippen LogP contribution in [0.2, 0.25) is 0 Å². The molecule has 0 saturated heterocycles. The summed E-state index contributed by atoms with van der Waals surface area (Å²) >= 11 is 0. The molecule has 0 atom stereocenters. The molecule has 94 valence electrons. The van der Waals surface area contributed by atoms with Crippen molar-refractivity contribution in [2.24, 2.45) is 5.92 Å². The fourth-order valence-corrected chi connectivity index (χ4v) is 3.06. The Hall–Kier alpha value is -1.25. The maximum atomic E-state index is 11.1. The molecule has 1 aromatic rings. The maximum Gasteiger partial charge on any atom is 0.337 e. The van der Waals surface area contributed by atoms with E-state index in [-0.39, 0.29) is 0 Å². The minimum absolute atomic E-state index is 0.459. The normalized spacial score (nSPS) is 24.9. The summed E-state index contributed by atoms with van der Waals surface area (Å²) < 4.78 is 2.23. The van der Waals surface area contributed by atoms with Crippen LogP contribution in [0.4, 0.5) is 0 Å². The second-order valence-corrected chi connectivity index (χ2v) is 5.37. The van der Waals surface area contributed by atoms with Crippen LogP contribution >= 0.6 is 0 Å². The van der Waals surface area contributed by atoms with Gasteiger partial charge in [-0.15, -0.1) is 0 Å². The molecule has 1 saturated carbocycles. The predicted molar refractivity (Wildman–Crippen MR) is 67.5 cm³/mol. The molecule has 0 aliphatic heterocycles. The highest BCUT2D eigenvalue weighted by molar-refractivity contribution is 5.89. The molecule has 0 radical (unpaired) electrons. The minimum atomic E-state index is -0.812. The first-order valence-electron chi connectivity index (χ1n) is 6.42. The van der Waals surface area contributed by atoms with Gasteiger partial charge in [0.15, 0.2) is 0 Å². The largest absolute Gasteiger partial charge is 0.478 e. The molecule has 1 aromatic heterocycles. The van der Waals surface area contributed by atoms with Gasteiger partial charge in [-0.3, -0.25) is 0 Å². The van der Waals surface area contributed by atoms with Gasteiger partial charge in [0.05, 0.1) is 5.56 Å². The molecule has 1 aliphatic carbocycles. The van der Waals surface area contributed by atoms with Gasteiger partial charge in [-0.1, -0.05) is 6.92 Å². The van der Waals surface area contributed by atoms with E-state index in [1.165, 1.54) is 25.7 Å². The number of hydrogen-bond acceptors (Lipinski definition) is 1. The van der Waals surface area contributed by atoms with Gasteiger partial charge >= 0.3 is 5.97 Å². The first-order valence-corrected chi connectivity index (χ1v) is 6.42. The van der Waals surface area contributed by atoms with Crippen LogP contribution in [-0.2, 0) is 0 Å². The van der Waals surface area contributed by atoms with E-state index in [0.717, 1.165) is 17.3 Å². The Morgan fingerprint density at radius 3 is 2.35 bits per heavy atom. The fourth-order valence-electron chi connectivity index (χ4n) is 3.06. The zero-order valence-electron chi connectivity index (χ0n) is 10.9. The van der Waals surface area contributed by atoms with Gasteiger partial charge in [0, 0.05) is 17.4 Å². The molecule has 1 aliphatic rings. The number of carbonyl (C=O) groups is 1. The van der Waals surface area contributed by atoms with Crippen LogP contribution in [0.3, 0.4) is 0 Å². The third kappa shape index (κ3) is 2.24. The van der Waals surface area contributed by atoms with Crippen LogP contribution in [0.15, 0.2) is 6.07 Å². The molecule has 0 unspecified atom stereocenters. The van der Waals surface area contributed by atoms with Crippen LogP contribution in [0.5, 0.6) is 0 Å². The van der Waals surface area contributed by atoms with Crippen molar-refractivity contribution in [1.82, 2.24) is 4.57 Å². The Labute approximate surface area is 102 Å². The fraction of sp³-hybridized carbons (Fsp3) is 0.643. The van der Waals surface area contributed by atoms with Crippen LogP contribution in [0.25, 0.3) is 0 Å². The second kappa shape index (κ2) is 4.55. The van der Waals surface area contributed by atoms with E-state index in [4.69, 9.17) is 5.11 Å².